The Bertz CT molecular complexity index is 825. The fraction of sp³-hybridized carbons (Fsp3) is 0.440. The molecule has 1 saturated heterocycles. The number of rotatable bonds is 8. The lowest BCUT2D eigenvalue weighted by Gasteiger charge is -2.29. The molecule has 1 aliphatic heterocycles. The van der Waals surface area contributed by atoms with Crippen LogP contribution in [0.5, 0.6) is 0 Å². The minimum Gasteiger partial charge on any atom is -0.339 e. The van der Waals surface area contributed by atoms with Gasteiger partial charge in [0.2, 0.25) is 0 Å². The summed E-state index contributed by atoms with van der Waals surface area (Å²) in [6.07, 6.45) is 3.45. The summed E-state index contributed by atoms with van der Waals surface area (Å²) in [5.41, 5.74) is 2.71. The van der Waals surface area contributed by atoms with Gasteiger partial charge in [-0.25, -0.2) is 0 Å². The molecule has 1 heterocycles. The number of hydrogen-bond donors (Lipinski definition) is 2. The van der Waals surface area contributed by atoms with Crippen molar-refractivity contribution in [3.8, 4) is 0 Å². The van der Waals surface area contributed by atoms with Crippen LogP contribution in [0.2, 0.25) is 0 Å². The quantitative estimate of drug-likeness (QED) is 0.706. The van der Waals surface area contributed by atoms with Crippen molar-refractivity contribution in [2.75, 3.05) is 38.0 Å². The van der Waals surface area contributed by atoms with E-state index >= 15 is 0 Å². The van der Waals surface area contributed by atoms with E-state index in [9.17, 15) is 9.59 Å². The molecule has 5 nitrogen and oxygen atoms in total. The number of quaternary nitrogens is 1. The largest absolute Gasteiger partial charge is 0.339 e. The van der Waals surface area contributed by atoms with E-state index in [1.807, 2.05) is 26.0 Å². The summed E-state index contributed by atoms with van der Waals surface area (Å²) in [6.45, 7) is 7.84. The molecule has 0 spiro atoms. The van der Waals surface area contributed by atoms with E-state index in [0.29, 0.717) is 36.8 Å². The van der Waals surface area contributed by atoms with Crippen LogP contribution in [0.1, 0.15) is 42.6 Å². The maximum atomic E-state index is 12.6. The molecule has 0 atom stereocenters. The molecule has 2 amide bonds. The summed E-state index contributed by atoms with van der Waals surface area (Å²) in [5, 5.41) is 2.98. The summed E-state index contributed by atoms with van der Waals surface area (Å²) in [4.78, 5) is 28.2. The number of benzene rings is 2. The monoisotopic (exact) mass is 408 g/mol. The first-order valence-corrected chi connectivity index (χ1v) is 11.2. The summed E-state index contributed by atoms with van der Waals surface area (Å²) in [6, 6.07) is 17.9. The third kappa shape index (κ3) is 6.17. The Hall–Kier alpha value is -2.66. The average Bonchev–Trinajstić information content (AvgIpc) is 2.77. The SMILES string of the molecule is CCN(CC)C(=O)c1cccc(NC(=O)C[NH+]2CCC(Cc3ccccc3)CC2)c1. The first-order valence-electron chi connectivity index (χ1n) is 11.2. The highest BCUT2D eigenvalue weighted by atomic mass is 16.2. The molecular formula is C25H34N3O2+. The Balaban J connectivity index is 1.47. The second-order valence-electron chi connectivity index (χ2n) is 8.17. The number of amides is 2. The molecule has 3 rings (SSSR count). The molecule has 0 saturated carbocycles. The normalized spacial score (nSPS) is 18.6. The van der Waals surface area contributed by atoms with Crippen molar-refractivity contribution >= 4 is 17.5 Å². The Labute approximate surface area is 180 Å². The van der Waals surface area contributed by atoms with Crippen molar-refractivity contribution in [2.45, 2.75) is 33.1 Å². The number of piperidine rings is 1. The molecular weight excluding hydrogens is 374 g/mol. The first kappa shape index (κ1) is 22.0. The highest BCUT2D eigenvalue weighted by molar-refractivity contribution is 5.97. The summed E-state index contributed by atoms with van der Waals surface area (Å²) in [7, 11) is 0. The van der Waals surface area contributed by atoms with Gasteiger partial charge in [-0.05, 0) is 62.8 Å². The maximum absolute atomic E-state index is 12.6. The zero-order chi connectivity index (χ0) is 21.3. The van der Waals surface area contributed by atoms with Gasteiger partial charge in [0, 0.05) is 24.3 Å². The molecule has 0 aliphatic carbocycles. The molecule has 2 N–H and O–H groups in total. The molecule has 160 valence electrons. The highest BCUT2D eigenvalue weighted by Gasteiger charge is 2.24. The summed E-state index contributed by atoms with van der Waals surface area (Å²) in [5.74, 6) is 0.725. The van der Waals surface area contributed by atoms with E-state index < -0.39 is 0 Å². The number of anilines is 1. The number of carbonyl (C=O) groups excluding carboxylic acids is 2. The van der Waals surface area contributed by atoms with Gasteiger partial charge in [-0.1, -0.05) is 36.4 Å². The fourth-order valence-electron chi connectivity index (χ4n) is 4.27. The third-order valence-corrected chi connectivity index (χ3v) is 6.03. The lowest BCUT2D eigenvalue weighted by atomic mass is 9.90. The van der Waals surface area contributed by atoms with Gasteiger partial charge in [-0.3, -0.25) is 9.59 Å². The molecule has 1 fully saturated rings. The van der Waals surface area contributed by atoms with Gasteiger partial charge in [0.25, 0.3) is 11.8 Å². The van der Waals surface area contributed by atoms with Crippen molar-refractivity contribution in [1.82, 2.24) is 4.90 Å². The molecule has 2 aromatic rings. The molecule has 0 unspecified atom stereocenters. The zero-order valence-corrected chi connectivity index (χ0v) is 18.2. The molecule has 0 bridgehead atoms. The van der Waals surface area contributed by atoms with Crippen molar-refractivity contribution in [2.24, 2.45) is 5.92 Å². The molecule has 0 aromatic heterocycles. The average molecular weight is 409 g/mol. The minimum atomic E-state index is 0.00205. The van der Waals surface area contributed by atoms with E-state index in [4.69, 9.17) is 0 Å². The van der Waals surface area contributed by atoms with Crippen LogP contribution in [0, 0.1) is 5.92 Å². The third-order valence-electron chi connectivity index (χ3n) is 6.03. The Morgan fingerprint density at radius 1 is 1.00 bits per heavy atom. The Kier molecular flexibility index (Phi) is 8.03. The zero-order valence-electron chi connectivity index (χ0n) is 18.2. The van der Waals surface area contributed by atoms with Crippen LogP contribution in [0.25, 0.3) is 0 Å². The second kappa shape index (κ2) is 10.9. The Morgan fingerprint density at radius 2 is 1.70 bits per heavy atom. The lowest BCUT2D eigenvalue weighted by molar-refractivity contribution is -0.898. The Morgan fingerprint density at radius 3 is 2.37 bits per heavy atom. The van der Waals surface area contributed by atoms with Crippen molar-refractivity contribution in [1.29, 1.82) is 0 Å². The van der Waals surface area contributed by atoms with E-state index in [-0.39, 0.29) is 11.8 Å². The van der Waals surface area contributed by atoms with Gasteiger partial charge >= 0.3 is 0 Å². The van der Waals surface area contributed by atoms with Crippen molar-refractivity contribution in [3.05, 3.63) is 65.7 Å². The van der Waals surface area contributed by atoms with Crippen LogP contribution in [0.3, 0.4) is 0 Å². The number of nitrogens with zero attached hydrogens (tertiary/aromatic N) is 1. The van der Waals surface area contributed by atoms with Gasteiger partial charge in [0.05, 0.1) is 13.1 Å². The van der Waals surface area contributed by atoms with Crippen LogP contribution in [0.15, 0.2) is 54.6 Å². The van der Waals surface area contributed by atoms with Crippen LogP contribution in [-0.4, -0.2) is 49.4 Å². The van der Waals surface area contributed by atoms with Gasteiger partial charge in [0.1, 0.15) is 0 Å². The molecule has 1 aliphatic rings. The molecule has 5 heteroatoms. The molecule has 2 aromatic carbocycles. The van der Waals surface area contributed by atoms with Crippen LogP contribution < -0.4 is 10.2 Å². The topological polar surface area (TPSA) is 53.9 Å². The number of carbonyl (C=O) groups is 2. The van der Waals surface area contributed by atoms with E-state index in [1.165, 1.54) is 10.5 Å². The molecule has 30 heavy (non-hydrogen) atoms. The highest BCUT2D eigenvalue weighted by Crippen LogP contribution is 2.16. The first-order chi connectivity index (χ1) is 14.6. The van der Waals surface area contributed by atoms with E-state index in [1.54, 1.807) is 17.0 Å². The summed E-state index contributed by atoms with van der Waals surface area (Å²) < 4.78 is 0. The number of likely N-dealkylation sites (tertiary alicyclic amines) is 1. The summed E-state index contributed by atoms with van der Waals surface area (Å²) >= 11 is 0. The fourth-order valence-corrected chi connectivity index (χ4v) is 4.27. The maximum Gasteiger partial charge on any atom is 0.279 e. The minimum absolute atomic E-state index is 0.00205. The van der Waals surface area contributed by atoms with E-state index in [0.717, 1.165) is 32.4 Å². The van der Waals surface area contributed by atoms with Crippen molar-refractivity contribution in [3.63, 3.8) is 0 Å². The van der Waals surface area contributed by atoms with Gasteiger partial charge in [-0.15, -0.1) is 0 Å². The lowest BCUT2D eigenvalue weighted by Crippen LogP contribution is -3.14. The van der Waals surface area contributed by atoms with Crippen LogP contribution in [0.4, 0.5) is 5.69 Å². The van der Waals surface area contributed by atoms with Gasteiger partial charge in [0.15, 0.2) is 6.54 Å². The molecule has 0 radical (unpaired) electrons. The predicted molar refractivity (Wildman–Crippen MR) is 121 cm³/mol. The van der Waals surface area contributed by atoms with Crippen LogP contribution >= 0.6 is 0 Å². The number of hydrogen-bond acceptors (Lipinski definition) is 2. The number of nitrogens with one attached hydrogen (secondary N) is 2. The predicted octanol–water partition coefficient (Wildman–Crippen LogP) is 2.64. The van der Waals surface area contributed by atoms with Crippen molar-refractivity contribution < 1.29 is 14.5 Å². The van der Waals surface area contributed by atoms with Gasteiger partial charge in [-0.2, -0.15) is 0 Å². The second-order valence-corrected chi connectivity index (χ2v) is 8.17. The smallest absolute Gasteiger partial charge is 0.279 e. The standard InChI is InChI=1S/C25H33N3O2/c1-3-28(4-2)25(30)22-11-8-12-23(18-22)26-24(29)19-27-15-13-21(14-16-27)17-20-9-6-5-7-10-20/h5-12,18,21H,3-4,13-17,19H2,1-2H3,(H,26,29)/p+1. The van der Waals surface area contributed by atoms with E-state index in [2.05, 4.69) is 35.6 Å². The van der Waals surface area contributed by atoms with Crippen LogP contribution in [-0.2, 0) is 11.2 Å². The van der Waals surface area contributed by atoms with Gasteiger partial charge < -0.3 is 15.1 Å².